The Morgan fingerprint density at radius 1 is 1.35 bits per heavy atom. The highest BCUT2D eigenvalue weighted by Crippen LogP contribution is 2.29. The van der Waals surface area contributed by atoms with Crippen LogP contribution in [0.5, 0.6) is 11.6 Å². The quantitative estimate of drug-likeness (QED) is 0.812. The maximum atomic E-state index is 13.5. The van der Waals surface area contributed by atoms with Crippen molar-refractivity contribution < 1.29 is 27.1 Å². The van der Waals surface area contributed by atoms with Gasteiger partial charge in [0.2, 0.25) is 5.88 Å². The summed E-state index contributed by atoms with van der Waals surface area (Å²) < 4.78 is 49.5. The zero-order chi connectivity index (χ0) is 18.9. The Morgan fingerprint density at radius 2 is 2.12 bits per heavy atom. The maximum Gasteiger partial charge on any atom is 0.224 e. The predicted molar refractivity (Wildman–Crippen MR) is 91.7 cm³/mol. The number of fused-ring (bicyclic) bond motifs is 1. The Hall–Kier alpha value is -2.48. The number of aromatic nitrogens is 1. The van der Waals surface area contributed by atoms with E-state index in [0.717, 1.165) is 12.1 Å². The van der Waals surface area contributed by atoms with Crippen molar-refractivity contribution in [2.75, 3.05) is 13.7 Å². The molecular weight excluding hydrogens is 361 g/mol. The first-order chi connectivity index (χ1) is 12.3. The Kier molecular flexibility index (Phi) is 4.95. The van der Waals surface area contributed by atoms with Gasteiger partial charge in [0.25, 0.3) is 0 Å². The van der Waals surface area contributed by atoms with E-state index in [1.165, 1.54) is 25.4 Å². The van der Waals surface area contributed by atoms with Gasteiger partial charge in [-0.3, -0.25) is 4.79 Å². The number of sulfone groups is 1. The van der Waals surface area contributed by atoms with Crippen LogP contribution in [0.1, 0.15) is 29.3 Å². The van der Waals surface area contributed by atoms with Crippen LogP contribution < -0.4 is 9.47 Å². The molecule has 1 aromatic heterocycles. The summed E-state index contributed by atoms with van der Waals surface area (Å²) in [5, 5.41) is 0. The lowest BCUT2D eigenvalue weighted by molar-refractivity contribution is 0.0966. The lowest BCUT2D eigenvalue weighted by Gasteiger charge is -2.11. The zero-order valence-electron chi connectivity index (χ0n) is 14.4. The summed E-state index contributed by atoms with van der Waals surface area (Å²) in [5.41, 5.74) is 0.592. The molecule has 3 rings (SSSR count). The Labute approximate surface area is 150 Å². The molecule has 0 bridgehead atoms. The van der Waals surface area contributed by atoms with E-state index in [9.17, 15) is 17.6 Å². The van der Waals surface area contributed by atoms with Gasteiger partial charge in [-0.1, -0.05) is 6.92 Å². The summed E-state index contributed by atoms with van der Waals surface area (Å²) >= 11 is 0. The average Bonchev–Trinajstić information content (AvgIpc) is 2.73. The molecule has 0 N–H and O–H groups in total. The van der Waals surface area contributed by atoms with Crippen LogP contribution in [0, 0.1) is 11.7 Å². The van der Waals surface area contributed by atoms with Gasteiger partial charge in [0, 0.05) is 12.6 Å². The number of benzene rings is 1. The summed E-state index contributed by atoms with van der Waals surface area (Å²) in [6.07, 6.45) is 1.66. The minimum atomic E-state index is -3.90. The van der Waals surface area contributed by atoms with Crippen molar-refractivity contribution in [3.05, 3.63) is 47.4 Å². The van der Waals surface area contributed by atoms with Crippen LogP contribution in [0.2, 0.25) is 0 Å². The summed E-state index contributed by atoms with van der Waals surface area (Å²) in [6, 6.07) is 4.78. The van der Waals surface area contributed by atoms with Crippen LogP contribution in [0.15, 0.2) is 35.4 Å². The number of carbonyl (C=O) groups is 1. The predicted octanol–water partition coefficient (Wildman–Crippen LogP) is 2.80. The van der Waals surface area contributed by atoms with E-state index < -0.39 is 21.4 Å². The molecule has 1 aliphatic rings. The van der Waals surface area contributed by atoms with E-state index in [1.807, 2.05) is 6.92 Å². The number of methoxy groups -OCH3 is 1. The van der Waals surface area contributed by atoms with Crippen LogP contribution in [0.3, 0.4) is 0 Å². The highest BCUT2D eigenvalue weighted by molar-refractivity contribution is 7.90. The summed E-state index contributed by atoms with van der Waals surface area (Å²) in [7, 11) is -2.59. The molecule has 0 saturated heterocycles. The van der Waals surface area contributed by atoms with Crippen molar-refractivity contribution >= 4 is 15.6 Å². The van der Waals surface area contributed by atoms with Gasteiger partial charge in [0.1, 0.15) is 16.5 Å². The zero-order valence-corrected chi connectivity index (χ0v) is 15.2. The fourth-order valence-electron chi connectivity index (χ4n) is 2.79. The second-order valence-corrected chi connectivity index (χ2v) is 8.25. The first-order valence-corrected chi connectivity index (χ1v) is 9.66. The number of hydrogen-bond donors (Lipinski definition) is 0. The maximum absolute atomic E-state index is 13.5. The van der Waals surface area contributed by atoms with Gasteiger partial charge in [0.15, 0.2) is 15.6 Å². The number of ether oxygens (including phenoxy) is 2. The number of ketones is 1. The molecule has 2 heterocycles. The molecule has 1 atom stereocenters. The van der Waals surface area contributed by atoms with Gasteiger partial charge in [-0.15, -0.1) is 0 Å². The third-order valence-electron chi connectivity index (χ3n) is 4.06. The standard InChI is InChI=1S/C18H18FNO5S/c1-11-5-15(21)14-6-12(8-20-18(14)25-9-11)10-26(22,23)17-7-13(19)3-4-16(17)24-2/h3-4,6-8,11H,5,9-10H2,1-2H3/t11-/m1/s1. The van der Waals surface area contributed by atoms with Crippen LogP contribution in [-0.2, 0) is 15.6 Å². The summed E-state index contributed by atoms with van der Waals surface area (Å²) in [4.78, 5) is 16.2. The van der Waals surface area contributed by atoms with E-state index in [-0.39, 0.29) is 33.8 Å². The van der Waals surface area contributed by atoms with Gasteiger partial charge in [0.05, 0.1) is 25.0 Å². The number of hydrogen-bond acceptors (Lipinski definition) is 6. The Bertz CT molecular complexity index is 958. The molecule has 2 aromatic rings. The molecule has 0 radical (unpaired) electrons. The van der Waals surface area contributed by atoms with Crippen molar-refractivity contribution in [2.24, 2.45) is 5.92 Å². The molecular formula is C18H18FNO5S. The van der Waals surface area contributed by atoms with Gasteiger partial charge in [-0.25, -0.2) is 17.8 Å². The highest BCUT2D eigenvalue weighted by Gasteiger charge is 2.25. The third kappa shape index (κ3) is 3.70. The number of carbonyl (C=O) groups excluding carboxylic acids is 1. The first kappa shape index (κ1) is 18.3. The average molecular weight is 379 g/mol. The van der Waals surface area contributed by atoms with E-state index >= 15 is 0 Å². The second kappa shape index (κ2) is 7.03. The van der Waals surface area contributed by atoms with Crippen molar-refractivity contribution in [1.29, 1.82) is 0 Å². The molecule has 0 fully saturated rings. The number of rotatable bonds is 4. The molecule has 1 aliphatic heterocycles. The van der Waals surface area contributed by atoms with Crippen LogP contribution in [0.4, 0.5) is 4.39 Å². The summed E-state index contributed by atoms with van der Waals surface area (Å²) in [5.74, 6) is -0.927. The minimum Gasteiger partial charge on any atom is -0.495 e. The van der Waals surface area contributed by atoms with E-state index in [1.54, 1.807) is 0 Å². The molecule has 8 heteroatoms. The monoisotopic (exact) mass is 379 g/mol. The van der Waals surface area contributed by atoms with E-state index in [2.05, 4.69) is 4.98 Å². The normalized spacial score (nSPS) is 17.2. The third-order valence-corrected chi connectivity index (χ3v) is 5.77. The van der Waals surface area contributed by atoms with E-state index in [4.69, 9.17) is 9.47 Å². The topological polar surface area (TPSA) is 82.6 Å². The molecule has 0 saturated carbocycles. The van der Waals surface area contributed by atoms with Gasteiger partial charge in [-0.2, -0.15) is 0 Å². The fraction of sp³-hybridized carbons (Fsp3) is 0.333. The number of pyridine rings is 1. The Morgan fingerprint density at radius 3 is 2.85 bits per heavy atom. The van der Waals surface area contributed by atoms with Crippen molar-refractivity contribution in [2.45, 2.75) is 24.0 Å². The van der Waals surface area contributed by atoms with Crippen molar-refractivity contribution in [3.63, 3.8) is 0 Å². The smallest absolute Gasteiger partial charge is 0.224 e. The van der Waals surface area contributed by atoms with Gasteiger partial charge in [-0.05, 0) is 35.7 Å². The second-order valence-electron chi connectivity index (χ2n) is 6.29. The van der Waals surface area contributed by atoms with E-state index in [0.29, 0.717) is 18.6 Å². The number of halogens is 1. The molecule has 26 heavy (non-hydrogen) atoms. The van der Waals surface area contributed by atoms with Crippen LogP contribution >= 0.6 is 0 Å². The van der Waals surface area contributed by atoms with Crippen molar-refractivity contribution in [1.82, 2.24) is 4.98 Å². The molecule has 0 spiro atoms. The lowest BCUT2D eigenvalue weighted by Crippen LogP contribution is -2.09. The van der Waals surface area contributed by atoms with Crippen molar-refractivity contribution in [3.8, 4) is 11.6 Å². The SMILES string of the molecule is COc1ccc(F)cc1S(=O)(=O)Cc1cnc2c(c1)C(=O)C[C@@H](C)CO2. The molecule has 0 unspecified atom stereocenters. The largest absolute Gasteiger partial charge is 0.495 e. The molecule has 138 valence electrons. The first-order valence-electron chi connectivity index (χ1n) is 8.01. The number of Topliss-reactive ketones (excluding diaryl/α,β-unsaturated/α-hetero) is 1. The molecule has 0 aliphatic carbocycles. The van der Waals surface area contributed by atoms with Gasteiger partial charge < -0.3 is 9.47 Å². The highest BCUT2D eigenvalue weighted by atomic mass is 32.2. The lowest BCUT2D eigenvalue weighted by atomic mass is 10.0. The molecule has 1 aromatic carbocycles. The molecule has 6 nitrogen and oxygen atoms in total. The number of nitrogens with zero attached hydrogens (tertiary/aromatic N) is 1. The fourth-order valence-corrected chi connectivity index (χ4v) is 4.29. The minimum absolute atomic E-state index is 0.0560. The molecule has 0 amide bonds. The summed E-state index contributed by atoms with van der Waals surface area (Å²) in [6.45, 7) is 2.27. The van der Waals surface area contributed by atoms with Gasteiger partial charge >= 0.3 is 0 Å². The van der Waals surface area contributed by atoms with Crippen LogP contribution in [0.25, 0.3) is 0 Å². The van der Waals surface area contributed by atoms with Crippen LogP contribution in [-0.4, -0.2) is 32.9 Å². The Balaban J connectivity index is 1.96.